The fourth-order valence-electron chi connectivity index (χ4n) is 2.92. The number of Topliss-reactive ketones (excluding diaryl/α,β-unsaturated/α-hetero) is 1. The first-order valence-electron chi connectivity index (χ1n) is 7.37. The molecule has 0 aliphatic carbocycles. The van der Waals surface area contributed by atoms with Crippen molar-refractivity contribution in [1.82, 2.24) is 5.32 Å². The van der Waals surface area contributed by atoms with Gasteiger partial charge in [0.15, 0.2) is 11.5 Å². The normalized spacial score (nSPS) is 21.6. The van der Waals surface area contributed by atoms with Crippen LogP contribution in [-0.4, -0.2) is 18.0 Å². The van der Waals surface area contributed by atoms with E-state index in [0.717, 1.165) is 11.1 Å². The zero-order valence-electron chi connectivity index (χ0n) is 12.5. The molecule has 3 rings (SSSR count). The van der Waals surface area contributed by atoms with E-state index in [9.17, 15) is 9.90 Å². The zero-order chi connectivity index (χ0) is 15.5. The molecule has 1 fully saturated rings. The molecule has 22 heavy (non-hydrogen) atoms. The largest absolute Gasteiger partial charge is 0.504 e. The second-order valence-electron chi connectivity index (χ2n) is 5.56. The molecule has 0 radical (unpaired) electrons. The molecule has 1 aliphatic rings. The van der Waals surface area contributed by atoms with E-state index in [2.05, 4.69) is 5.32 Å². The van der Waals surface area contributed by atoms with E-state index >= 15 is 0 Å². The van der Waals surface area contributed by atoms with Gasteiger partial charge >= 0.3 is 0 Å². The van der Waals surface area contributed by atoms with E-state index in [1.807, 2.05) is 36.4 Å². The molecule has 0 spiro atoms. The topological polar surface area (TPSA) is 58.6 Å². The summed E-state index contributed by atoms with van der Waals surface area (Å²) >= 11 is 0. The Labute approximate surface area is 129 Å². The van der Waals surface area contributed by atoms with Crippen LogP contribution in [0.4, 0.5) is 0 Å². The Hall–Kier alpha value is -2.33. The second kappa shape index (κ2) is 6.20. The van der Waals surface area contributed by atoms with E-state index in [1.165, 1.54) is 7.11 Å². The Bertz CT molecular complexity index is 669. The molecule has 4 heteroatoms. The lowest BCUT2D eigenvalue weighted by molar-refractivity contribution is -0.121. The van der Waals surface area contributed by atoms with Crippen LogP contribution in [0.25, 0.3) is 0 Å². The monoisotopic (exact) mass is 297 g/mol. The summed E-state index contributed by atoms with van der Waals surface area (Å²) < 4.78 is 5.15. The maximum absolute atomic E-state index is 12.1. The second-order valence-corrected chi connectivity index (χ2v) is 5.56. The number of aromatic hydroxyl groups is 1. The minimum atomic E-state index is -0.0686. The molecule has 2 aromatic rings. The van der Waals surface area contributed by atoms with Crippen LogP contribution in [0.5, 0.6) is 11.5 Å². The van der Waals surface area contributed by atoms with Crippen LogP contribution in [0.3, 0.4) is 0 Å². The predicted octanol–water partition coefficient (Wildman–Crippen LogP) is 3.14. The van der Waals surface area contributed by atoms with Crippen molar-refractivity contribution in [3.8, 4) is 11.5 Å². The van der Waals surface area contributed by atoms with E-state index < -0.39 is 0 Å². The quantitative estimate of drug-likeness (QED) is 0.914. The van der Waals surface area contributed by atoms with Crippen molar-refractivity contribution in [2.75, 3.05) is 7.11 Å². The number of phenolic OH excluding ortho intramolecular Hbond substituents is 1. The number of ketones is 1. The predicted molar refractivity (Wildman–Crippen MR) is 84.0 cm³/mol. The number of methoxy groups -OCH3 is 1. The molecule has 0 amide bonds. The number of benzene rings is 2. The molecule has 0 aromatic heterocycles. The molecule has 2 atom stereocenters. The summed E-state index contributed by atoms with van der Waals surface area (Å²) in [5, 5.41) is 13.2. The van der Waals surface area contributed by atoms with Gasteiger partial charge in [0, 0.05) is 24.9 Å². The highest BCUT2D eigenvalue weighted by molar-refractivity contribution is 5.81. The van der Waals surface area contributed by atoms with Crippen LogP contribution in [0, 0.1) is 0 Å². The van der Waals surface area contributed by atoms with Crippen molar-refractivity contribution in [2.24, 2.45) is 0 Å². The number of hydrogen-bond acceptors (Lipinski definition) is 4. The first-order chi connectivity index (χ1) is 10.7. The van der Waals surface area contributed by atoms with Gasteiger partial charge in [-0.25, -0.2) is 0 Å². The van der Waals surface area contributed by atoms with Crippen molar-refractivity contribution in [3.63, 3.8) is 0 Å². The third kappa shape index (κ3) is 2.97. The smallest absolute Gasteiger partial charge is 0.160 e. The van der Waals surface area contributed by atoms with Gasteiger partial charge in [-0.05, 0) is 23.3 Å². The van der Waals surface area contributed by atoms with Crippen molar-refractivity contribution >= 4 is 5.78 Å². The molecule has 0 bridgehead atoms. The SMILES string of the molecule is COc1cc(C2CC(=O)CC(c3ccccc3)N2)ccc1O. The molecule has 114 valence electrons. The Morgan fingerprint density at radius 2 is 1.73 bits per heavy atom. The molecular weight excluding hydrogens is 278 g/mol. The van der Waals surface area contributed by atoms with Gasteiger partial charge in [-0.1, -0.05) is 36.4 Å². The Balaban J connectivity index is 1.86. The summed E-state index contributed by atoms with van der Waals surface area (Å²) in [4.78, 5) is 12.1. The molecule has 0 saturated carbocycles. The molecule has 2 unspecified atom stereocenters. The lowest BCUT2D eigenvalue weighted by Crippen LogP contribution is -2.35. The van der Waals surface area contributed by atoms with E-state index in [0.29, 0.717) is 18.6 Å². The zero-order valence-corrected chi connectivity index (χ0v) is 12.5. The molecule has 2 N–H and O–H groups in total. The summed E-state index contributed by atoms with van der Waals surface area (Å²) in [7, 11) is 1.52. The number of phenols is 1. The van der Waals surface area contributed by atoms with Crippen molar-refractivity contribution in [2.45, 2.75) is 24.9 Å². The van der Waals surface area contributed by atoms with Gasteiger partial charge in [-0.2, -0.15) is 0 Å². The number of hydrogen-bond donors (Lipinski definition) is 2. The van der Waals surface area contributed by atoms with Gasteiger partial charge in [-0.3, -0.25) is 4.79 Å². The first kappa shape index (κ1) is 14.6. The number of piperidine rings is 1. The first-order valence-corrected chi connectivity index (χ1v) is 7.37. The number of nitrogens with one attached hydrogen (secondary N) is 1. The summed E-state index contributed by atoms with van der Waals surface area (Å²) in [6.07, 6.45) is 0.965. The van der Waals surface area contributed by atoms with E-state index in [4.69, 9.17) is 4.74 Å². The standard InChI is InChI=1S/C18H19NO3/c1-22-18-9-13(7-8-17(18)21)16-11-14(20)10-15(19-16)12-5-3-2-4-6-12/h2-9,15-16,19,21H,10-11H2,1H3. The fraction of sp³-hybridized carbons (Fsp3) is 0.278. The van der Waals surface area contributed by atoms with Crippen LogP contribution in [0.1, 0.15) is 36.1 Å². The maximum atomic E-state index is 12.1. The van der Waals surface area contributed by atoms with Crippen LogP contribution in [-0.2, 0) is 4.79 Å². The third-order valence-corrected chi connectivity index (χ3v) is 4.07. The Morgan fingerprint density at radius 3 is 2.41 bits per heavy atom. The fourth-order valence-corrected chi connectivity index (χ4v) is 2.92. The minimum absolute atomic E-state index is 0.0206. The highest BCUT2D eigenvalue weighted by Gasteiger charge is 2.28. The van der Waals surface area contributed by atoms with Crippen LogP contribution in [0.15, 0.2) is 48.5 Å². The van der Waals surface area contributed by atoms with Crippen LogP contribution >= 0.6 is 0 Å². The molecule has 1 aliphatic heterocycles. The van der Waals surface area contributed by atoms with E-state index in [-0.39, 0.29) is 23.6 Å². The van der Waals surface area contributed by atoms with Crippen molar-refractivity contribution in [1.29, 1.82) is 0 Å². The summed E-state index contributed by atoms with van der Waals surface area (Å²) in [6.45, 7) is 0. The molecule has 4 nitrogen and oxygen atoms in total. The molecule has 1 saturated heterocycles. The highest BCUT2D eigenvalue weighted by Crippen LogP contribution is 2.34. The maximum Gasteiger partial charge on any atom is 0.160 e. The molecule has 1 heterocycles. The van der Waals surface area contributed by atoms with E-state index in [1.54, 1.807) is 12.1 Å². The summed E-state index contributed by atoms with van der Waals surface area (Å²) in [5.74, 6) is 0.770. The Kier molecular flexibility index (Phi) is 4.11. The lowest BCUT2D eigenvalue weighted by atomic mass is 9.89. The van der Waals surface area contributed by atoms with Crippen LogP contribution in [0.2, 0.25) is 0 Å². The average molecular weight is 297 g/mol. The van der Waals surface area contributed by atoms with Gasteiger partial charge in [0.25, 0.3) is 0 Å². The number of carbonyl (C=O) groups is 1. The molecular formula is C18H19NO3. The van der Waals surface area contributed by atoms with Gasteiger partial charge in [-0.15, -0.1) is 0 Å². The Morgan fingerprint density at radius 1 is 1.05 bits per heavy atom. The van der Waals surface area contributed by atoms with Crippen molar-refractivity contribution < 1.29 is 14.6 Å². The highest BCUT2D eigenvalue weighted by atomic mass is 16.5. The van der Waals surface area contributed by atoms with Crippen molar-refractivity contribution in [3.05, 3.63) is 59.7 Å². The van der Waals surface area contributed by atoms with Gasteiger partial charge in [0.05, 0.1) is 7.11 Å². The van der Waals surface area contributed by atoms with Gasteiger partial charge in [0.2, 0.25) is 0 Å². The number of ether oxygens (including phenoxy) is 1. The number of carbonyl (C=O) groups excluding carboxylic acids is 1. The van der Waals surface area contributed by atoms with Gasteiger partial charge in [0.1, 0.15) is 5.78 Å². The minimum Gasteiger partial charge on any atom is -0.504 e. The summed E-state index contributed by atoms with van der Waals surface area (Å²) in [5.41, 5.74) is 2.06. The average Bonchev–Trinajstić information content (AvgIpc) is 2.55. The molecule has 2 aromatic carbocycles. The summed E-state index contributed by atoms with van der Waals surface area (Å²) in [6, 6.07) is 15.2. The third-order valence-electron chi connectivity index (χ3n) is 4.07. The lowest BCUT2D eigenvalue weighted by Gasteiger charge is -2.31. The van der Waals surface area contributed by atoms with Gasteiger partial charge < -0.3 is 15.2 Å². The van der Waals surface area contributed by atoms with Crippen LogP contribution < -0.4 is 10.1 Å². The number of rotatable bonds is 3.